The van der Waals surface area contributed by atoms with Crippen LogP contribution in [0.4, 0.5) is 18.9 Å². The maximum absolute atomic E-state index is 13.5. The Morgan fingerprint density at radius 3 is 2.26 bits per heavy atom. The average molecular weight is 482 g/mol. The second-order valence-electron chi connectivity index (χ2n) is 7.58. The number of aromatic nitrogens is 2. The molecule has 0 spiro atoms. The number of nitrogens with one attached hydrogen (secondary N) is 2. The summed E-state index contributed by atoms with van der Waals surface area (Å²) in [4.78, 5) is 5.96. The predicted molar refractivity (Wildman–Crippen MR) is 126 cm³/mol. The second-order valence-corrected chi connectivity index (χ2v) is 8.32. The largest absolute Gasteiger partial charge is 0.434 e. The van der Waals surface area contributed by atoms with E-state index in [1.54, 1.807) is 30.3 Å². The molecule has 5 aromatic rings. The standard InChI is InChI=1S/C24H17F3N4O2S/c25-24(26,27)22-14-31(19-10-8-18(9-11-19)29-30-34(32)33)23(28-22)17-7-12-21-16(13-17)6-5-15-3-1-2-4-20(15)21/h1-14,29,34H,(H,30,32,33). The zero-order valence-electron chi connectivity index (χ0n) is 17.4. The lowest BCUT2D eigenvalue weighted by Gasteiger charge is -2.11. The molecule has 0 aliphatic rings. The van der Waals surface area contributed by atoms with E-state index in [0.29, 0.717) is 16.9 Å². The molecule has 0 fully saturated rings. The third kappa shape index (κ3) is 4.20. The first-order valence-corrected chi connectivity index (χ1v) is 11.3. The Balaban J connectivity index is 1.61. The van der Waals surface area contributed by atoms with Crippen molar-refractivity contribution in [1.29, 1.82) is 0 Å². The summed E-state index contributed by atoms with van der Waals surface area (Å²) < 4.78 is 63.3. The van der Waals surface area contributed by atoms with E-state index in [4.69, 9.17) is 0 Å². The molecule has 4 aromatic carbocycles. The van der Waals surface area contributed by atoms with E-state index in [-0.39, 0.29) is 5.82 Å². The lowest BCUT2D eigenvalue weighted by molar-refractivity contribution is -0.140. The molecule has 172 valence electrons. The highest BCUT2D eigenvalue weighted by atomic mass is 32.2. The Labute approximate surface area is 193 Å². The van der Waals surface area contributed by atoms with Gasteiger partial charge in [0.1, 0.15) is 5.82 Å². The van der Waals surface area contributed by atoms with Gasteiger partial charge in [-0.05, 0) is 51.9 Å². The number of hydrogen-bond acceptors (Lipinski definition) is 4. The highest BCUT2D eigenvalue weighted by Crippen LogP contribution is 2.34. The number of fused-ring (bicyclic) bond motifs is 3. The van der Waals surface area contributed by atoms with Gasteiger partial charge in [-0.2, -0.15) is 13.2 Å². The first-order valence-electron chi connectivity index (χ1n) is 10.1. The maximum atomic E-state index is 13.5. The minimum absolute atomic E-state index is 0.142. The minimum atomic E-state index is -4.61. The van der Waals surface area contributed by atoms with Crippen LogP contribution in [0.25, 0.3) is 38.6 Å². The number of anilines is 1. The Morgan fingerprint density at radius 1 is 0.824 bits per heavy atom. The molecule has 6 nitrogen and oxygen atoms in total. The van der Waals surface area contributed by atoms with Gasteiger partial charge in [-0.1, -0.05) is 48.5 Å². The molecule has 34 heavy (non-hydrogen) atoms. The number of thiol groups is 1. The summed E-state index contributed by atoms with van der Waals surface area (Å²) in [5.41, 5.74) is 2.88. The molecule has 0 aliphatic carbocycles. The predicted octanol–water partition coefficient (Wildman–Crippen LogP) is 5.31. The number of hydrogen-bond donors (Lipinski definition) is 3. The van der Waals surface area contributed by atoms with Gasteiger partial charge in [0.2, 0.25) is 10.9 Å². The highest BCUT2D eigenvalue weighted by molar-refractivity contribution is 7.70. The lowest BCUT2D eigenvalue weighted by atomic mass is 10.00. The van der Waals surface area contributed by atoms with E-state index in [9.17, 15) is 21.6 Å². The van der Waals surface area contributed by atoms with Crippen molar-refractivity contribution in [2.24, 2.45) is 0 Å². The van der Waals surface area contributed by atoms with Crippen molar-refractivity contribution in [2.45, 2.75) is 6.18 Å². The van der Waals surface area contributed by atoms with E-state index in [0.717, 1.165) is 27.7 Å². The van der Waals surface area contributed by atoms with Gasteiger partial charge in [-0.25, -0.2) is 13.4 Å². The molecule has 0 amide bonds. The number of rotatable bonds is 5. The Bertz CT molecular complexity index is 1580. The van der Waals surface area contributed by atoms with Crippen LogP contribution in [-0.2, 0) is 17.1 Å². The first-order chi connectivity index (χ1) is 16.3. The molecule has 0 saturated carbocycles. The summed E-state index contributed by atoms with van der Waals surface area (Å²) in [6.07, 6.45) is -3.66. The molecule has 0 saturated heterocycles. The highest BCUT2D eigenvalue weighted by Gasteiger charge is 2.35. The Hall–Kier alpha value is -3.89. The zero-order valence-corrected chi connectivity index (χ0v) is 18.3. The Morgan fingerprint density at radius 2 is 1.53 bits per heavy atom. The summed E-state index contributed by atoms with van der Waals surface area (Å²) >= 11 is 0. The summed E-state index contributed by atoms with van der Waals surface area (Å²) in [6, 6.07) is 23.5. The number of benzene rings is 4. The zero-order chi connectivity index (χ0) is 23.9. The van der Waals surface area contributed by atoms with Crippen molar-refractivity contribution in [3.8, 4) is 17.1 Å². The summed E-state index contributed by atoms with van der Waals surface area (Å²) in [6.45, 7) is 0. The first kappa shape index (κ1) is 21.9. The molecule has 5 rings (SSSR count). The van der Waals surface area contributed by atoms with Crippen LogP contribution >= 0.6 is 0 Å². The van der Waals surface area contributed by atoms with Crippen LogP contribution in [0.3, 0.4) is 0 Å². The van der Waals surface area contributed by atoms with E-state index in [1.165, 1.54) is 4.57 Å². The molecular formula is C24H17F3N4O2S. The van der Waals surface area contributed by atoms with E-state index >= 15 is 0 Å². The number of hydrazine groups is 1. The maximum Gasteiger partial charge on any atom is 0.434 e. The molecule has 1 heterocycles. The molecule has 0 aliphatic heterocycles. The third-order valence-electron chi connectivity index (χ3n) is 5.44. The number of halogens is 3. The van der Waals surface area contributed by atoms with Crippen LogP contribution in [0.1, 0.15) is 5.69 Å². The van der Waals surface area contributed by atoms with Crippen molar-refractivity contribution in [3.05, 3.63) is 90.8 Å². The Kier molecular flexibility index (Phi) is 5.46. The van der Waals surface area contributed by atoms with E-state index < -0.39 is 22.8 Å². The fraction of sp³-hybridized carbons (Fsp3) is 0.0417. The number of alkyl halides is 3. The van der Waals surface area contributed by atoms with Gasteiger partial charge in [-0.3, -0.25) is 4.57 Å². The smallest absolute Gasteiger partial charge is 0.308 e. The van der Waals surface area contributed by atoms with Gasteiger partial charge in [0.15, 0.2) is 5.69 Å². The SMILES string of the molecule is O=[SH](=O)NNc1ccc(-n2cc(C(F)(F)F)nc2-c2ccc3c(ccc4ccccc43)c2)cc1. The van der Waals surface area contributed by atoms with Gasteiger partial charge >= 0.3 is 6.18 Å². The van der Waals surface area contributed by atoms with Crippen LogP contribution in [0.15, 0.2) is 85.1 Å². The van der Waals surface area contributed by atoms with E-state index in [2.05, 4.69) is 10.4 Å². The number of imidazole rings is 1. The van der Waals surface area contributed by atoms with Crippen LogP contribution in [0, 0.1) is 0 Å². The van der Waals surface area contributed by atoms with Crippen molar-refractivity contribution in [2.75, 3.05) is 5.43 Å². The van der Waals surface area contributed by atoms with Crippen molar-refractivity contribution < 1.29 is 21.6 Å². The molecule has 2 N–H and O–H groups in total. The van der Waals surface area contributed by atoms with Gasteiger partial charge in [0.05, 0.1) is 0 Å². The molecule has 0 unspecified atom stereocenters. The molecule has 1 aromatic heterocycles. The van der Waals surface area contributed by atoms with Crippen LogP contribution < -0.4 is 10.3 Å². The minimum Gasteiger partial charge on any atom is -0.308 e. The monoisotopic (exact) mass is 482 g/mol. The van der Waals surface area contributed by atoms with Gasteiger partial charge in [0.25, 0.3) is 0 Å². The number of nitrogens with zero attached hydrogens (tertiary/aromatic N) is 2. The fourth-order valence-electron chi connectivity index (χ4n) is 3.89. The normalized spacial score (nSPS) is 12.0. The average Bonchev–Trinajstić information content (AvgIpc) is 3.29. The van der Waals surface area contributed by atoms with Crippen molar-refractivity contribution >= 4 is 38.1 Å². The topological polar surface area (TPSA) is 76.0 Å². The van der Waals surface area contributed by atoms with Crippen LogP contribution in [0.2, 0.25) is 0 Å². The molecular weight excluding hydrogens is 465 g/mol. The van der Waals surface area contributed by atoms with Crippen LogP contribution in [0.5, 0.6) is 0 Å². The molecule has 0 radical (unpaired) electrons. The van der Waals surface area contributed by atoms with Crippen LogP contribution in [-0.4, -0.2) is 18.0 Å². The molecule has 0 atom stereocenters. The third-order valence-corrected chi connectivity index (χ3v) is 5.73. The van der Waals surface area contributed by atoms with Gasteiger partial charge in [0, 0.05) is 23.1 Å². The van der Waals surface area contributed by atoms with Gasteiger partial charge in [-0.15, -0.1) is 4.83 Å². The molecule has 0 bridgehead atoms. The fourth-order valence-corrected chi connectivity index (χ4v) is 4.11. The van der Waals surface area contributed by atoms with Gasteiger partial charge < -0.3 is 5.43 Å². The summed E-state index contributed by atoms with van der Waals surface area (Å²) in [7, 11) is -2.85. The second kappa shape index (κ2) is 8.47. The lowest BCUT2D eigenvalue weighted by Crippen LogP contribution is -2.18. The van der Waals surface area contributed by atoms with Crippen molar-refractivity contribution in [3.63, 3.8) is 0 Å². The van der Waals surface area contributed by atoms with Crippen molar-refractivity contribution in [1.82, 2.24) is 14.4 Å². The molecule has 10 heteroatoms. The summed E-state index contributed by atoms with van der Waals surface area (Å²) in [5, 5.41) is 4.02. The van der Waals surface area contributed by atoms with E-state index in [1.807, 2.05) is 53.4 Å². The quantitative estimate of drug-likeness (QED) is 0.180. The summed E-state index contributed by atoms with van der Waals surface area (Å²) in [5.74, 6) is 0.142.